The minimum absolute atomic E-state index is 0.0181. The van der Waals surface area contributed by atoms with Gasteiger partial charge in [0.15, 0.2) is 0 Å². The predicted molar refractivity (Wildman–Crippen MR) is 101 cm³/mol. The molecule has 1 aliphatic heterocycles. The molecule has 1 atom stereocenters. The molecule has 26 heavy (non-hydrogen) atoms. The van der Waals surface area contributed by atoms with Crippen molar-refractivity contribution >= 4 is 0 Å². The molecule has 0 bridgehead atoms. The van der Waals surface area contributed by atoms with Crippen molar-refractivity contribution in [2.24, 2.45) is 11.8 Å². The van der Waals surface area contributed by atoms with Crippen molar-refractivity contribution in [3.05, 3.63) is 23.8 Å². The lowest BCUT2D eigenvalue weighted by atomic mass is 9.90. The van der Waals surface area contributed by atoms with Gasteiger partial charge in [-0.2, -0.15) is 10.5 Å². The van der Waals surface area contributed by atoms with Gasteiger partial charge in [-0.05, 0) is 68.8 Å². The number of hydrogen-bond acceptors (Lipinski definition) is 5. The Morgan fingerprint density at radius 1 is 1.12 bits per heavy atom. The molecule has 5 heteroatoms. The second kappa shape index (κ2) is 10.7. The van der Waals surface area contributed by atoms with Crippen molar-refractivity contribution in [1.82, 2.24) is 4.90 Å². The smallest absolute Gasteiger partial charge is 0.122 e. The third-order valence-electron chi connectivity index (χ3n) is 5.23. The largest absolute Gasteiger partial charge is 0.497 e. The highest BCUT2D eigenvalue weighted by atomic mass is 16.5. The first-order valence-electron chi connectivity index (χ1n) is 9.39. The number of piperidine rings is 1. The molecule has 0 aromatic heterocycles. The van der Waals surface area contributed by atoms with Crippen molar-refractivity contribution in [3.63, 3.8) is 0 Å². The molecule has 1 heterocycles. The summed E-state index contributed by atoms with van der Waals surface area (Å²) in [5, 5.41) is 17.9. The Kier molecular flexibility index (Phi) is 8.25. The Morgan fingerprint density at radius 3 is 2.31 bits per heavy atom. The van der Waals surface area contributed by atoms with Crippen LogP contribution in [0.1, 0.15) is 37.7 Å². The van der Waals surface area contributed by atoms with E-state index >= 15 is 0 Å². The second-order valence-corrected chi connectivity index (χ2v) is 7.03. The van der Waals surface area contributed by atoms with Crippen LogP contribution in [0.15, 0.2) is 18.2 Å². The first kappa shape index (κ1) is 20.1. The van der Waals surface area contributed by atoms with Crippen LogP contribution in [-0.2, 0) is 6.42 Å². The van der Waals surface area contributed by atoms with Crippen LogP contribution in [-0.4, -0.2) is 38.8 Å². The first-order chi connectivity index (χ1) is 12.7. The summed E-state index contributed by atoms with van der Waals surface area (Å²) in [5.74, 6) is 2.39. The fourth-order valence-corrected chi connectivity index (χ4v) is 3.59. The number of aryl methyl sites for hydroxylation is 1. The summed E-state index contributed by atoms with van der Waals surface area (Å²) < 4.78 is 10.7. The van der Waals surface area contributed by atoms with Gasteiger partial charge < -0.3 is 14.4 Å². The van der Waals surface area contributed by atoms with Crippen molar-refractivity contribution in [1.29, 1.82) is 10.5 Å². The molecular formula is C21H29N3O2. The van der Waals surface area contributed by atoms with Gasteiger partial charge in [-0.25, -0.2) is 0 Å². The number of ether oxygens (including phenoxy) is 2. The van der Waals surface area contributed by atoms with E-state index in [-0.39, 0.29) is 5.92 Å². The van der Waals surface area contributed by atoms with E-state index < -0.39 is 0 Å². The lowest BCUT2D eigenvalue weighted by Crippen LogP contribution is -2.37. The number of methoxy groups -OCH3 is 2. The molecule has 0 saturated carbocycles. The van der Waals surface area contributed by atoms with Gasteiger partial charge in [0, 0.05) is 19.0 Å². The molecule has 1 saturated heterocycles. The van der Waals surface area contributed by atoms with Crippen LogP contribution in [0.25, 0.3) is 0 Å². The fraction of sp³-hybridized carbons (Fsp3) is 0.619. The third-order valence-corrected chi connectivity index (χ3v) is 5.23. The Morgan fingerprint density at radius 2 is 1.77 bits per heavy atom. The minimum atomic E-state index is -0.0181. The fourth-order valence-electron chi connectivity index (χ4n) is 3.59. The van der Waals surface area contributed by atoms with Gasteiger partial charge >= 0.3 is 0 Å². The van der Waals surface area contributed by atoms with Crippen LogP contribution in [0.3, 0.4) is 0 Å². The molecule has 0 N–H and O–H groups in total. The van der Waals surface area contributed by atoms with Crippen molar-refractivity contribution < 1.29 is 9.47 Å². The van der Waals surface area contributed by atoms with Gasteiger partial charge in [-0.15, -0.1) is 0 Å². The van der Waals surface area contributed by atoms with Crippen LogP contribution in [0.2, 0.25) is 0 Å². The Hall–Kier alpha value is -2.24. The predicted octanol–water partition coefficient (Wildman–Crippen LogP) is 3.79. The van der Waals surface area contributed by atoms with Gasteiger partial charge in [0.1, 0.15) is 11.5 Å². The molecule has 1 fully saturated rings. The molecule has 0 unspecified atom stereocenters. The van der Waals surface area contributed by atoms with E-state index in [0.717, 1.165) is 43.5 Å². The maximum Gasteiger partial charge on any atom is 0.122 e. The van der Waals surface area contributed by atoms with Crippen molar-refractivity contribution in [2.75, 3.05) is 33.9 Å². The zero-order valence-electron chi connectivity index (χ0n) is 15.9. The van der Waals surface area contributed by atoms with E-state index in [1.165, 1.54) is 24.8 Å². The van der Waals surface area contributed by atoms with Crippen LogP contribution < -0.4 is 9.47 Å². The Labute approximate surface area is 157 Å². The van der Waals surface area contributed by atoms with Gasteiger partial charge in [0.2, 0.25) is 0 Å². The summed E-state index contributed by atoms with van der Waals surface area (Å²) in [7, 11) is 3.36. The summed E-state index contributed by atoms with van der Waals surface area (Å²) in [4.78, 5) is 2.39. The number of nitriles is 2. The summed E-state index contributed by atoms with van der Waals surface area (Å²) in [6.07, 6.45) is 5.71. The lowest BCUT2D eigenvalue weighted by molar-refractivity contribution is 0.165. The monoisotopic (exact) mass is 355 g/mol. The maximum atomic E-state index is 9.22. The van der Waals surface area contributed by atoms with Gasteiger partial charge in [-0.1, -0.05) is 0 Å². The topological polar surface area (TPSA) is 69.3 Å². The average molecular weight is 355 g/mol. The summed E-state index contributed by atoms with van der Waals surface area (Å²) >= 11 is 0. The van der Waals surface area contributed by atoms with E-state index in [4.69, 9.17) is 14.7 Å². The highest BCUT2D eigenvalue weighted by Gasteiger charge is 2.21. The summed E-state index contributed by atoms with van der Waals surface area (Å²) in [6.45, 7) is 2.91. The number of benzene rings is 1. The molecule has 1 aromatic rings. The Bertz CT molecular complexity index is 617. The van der Waals surface area contributed by atoms with Gasteiger partial charge in [0.25, 0.3) is 0 Å². The van der Waals surface area contributed by atoms with Crippen molar-refractivity contribution in [3.8, 4) is 23.6 Å². The molecule has 0 amide bonds. The highest BCUT2D eigenvalue weighted by molar-refractivity contribution is 5.38. The van der Waals surface area contributed by atoms with Gasteiger partial charge in [0.05, 0.1) is 32.3 Å². The van der Waals surface area contributed by atoms with E-state index in [2.05, 4.69) is 29.2 Å². The molecule has 0 aliphatic carbocycles. The number of rotatable bonds is 9. The molecule has 140 valence electrons. The third kappa shape index (κ3) is 6.24. The quantitative estimate of drug-likeness (QED) is 0.674. The van der Waals surface area contributed by atoms with Crippen molar-refractivity contribution in [2.45, 2.75) is 38.5 Å². The van der Waals surface area contributed by atoms with E-state index in [1.54, 1.807) is 14.2 Å². The number of nitrogens with zero attached hydrogens (tertiary/aromatic N) is 3. The van der Waals surface area contributed by atoms with E-state index in [9.17, 15) is 5.26 Å². The summed E-state index contributed by atoms with van der Waals surface area (Å²) in [6, 6.07) is 10.6. The molecule has 1 aromatic carbocycles. The molecule has 0 spiro atoms. The molecule has 1 aliphatic rings. The van der Waals surface area contributed by atoms with E-state index in [1.807, 2.05) is 6.07 Å². The van der Waals surface area contributed by atoms with Crippen LogP contribution in [0, 0.1) is 34.5 Å². The molecule has 5 nitrogen and oxygen atoms in total. The molecule has 0 radical (unpaired) electrons. The number of likely N-dealkylation sites (tertiary alicyclic amines) is 1. The van der Waals surface area contributed by atoms with Crippen LogP contribution in [0.5, 0.6) is 11.5 Å². The van der Waals surface area contributed by atoms with Crippen LogP contribution >= 0.6 is 0 Å². The second-order valence-electron chi connectivity index (χ2n) is 7.03. The molecule has 2 rings (SSSR count). The normalized spacial score (nSPS) is 16.5. The van der Waals surface area contributed by atoms with E-state index in [0.29, 0.717) is 12.8 Å². The molecular weight excluding hydrogens is 326 g/mol. The maximum absolute atomic E-state index is 9.22. The zero-order chi connectivity index (χ0) is 18.8. The lowest BCUT2D eigenvalue weighted by Gasteiger charge is -2.33. The standard InChI is InChI=1S/C21H29N3O2/c1-25-20-12-18(13-21(14-20)26-2)6-5-17-7-10-24(11-8-17)16-19(15-23)4-3-9-22/h12-14,17,19H,3-8,10-11,16H2,1-2H3/t19-/m1/s1. The van der Waals surface area contributed by atoms with Crippen LogP contribution in [0.4, 0.5) is 0 Å². The summed E-state index contributed by atoms with van der Waals surface area (Å²) in [5.41, 5.74) is 1.25. The highest BCUT2D eigenvalue weighted by Crippen LogP contribution is 2.27. The number of hydrogen-bond donors (Lipinski definition) is 0. The zero-order valence-corrected chi connectivity index (χ0v) is 15.9. The Balaban J connectivity index is 1.77. The van der Waals surface area contributed by atoms with Gasteiger partial charge in [-0.3, -0.25) is 0 Å². The minimum Gasteiger partial charge on any atom is -0.497 e. The average Bonchev–Trinajstić information content (AvgIpc) is 2.70. The SMILES string of the molecule is COc1cc(CCC2CCN(C[C@@H](C#N)CCC#N)CC2)cc(OC)c1. The first-order valence-corrected chi connectivity index (χ1v) is 9.39.